The monoisotopic (exact) mass is 454 g/mol. The van der Waals surface area contributed by atoms with Crippen LogP contribution in [0.2, 0.25) is 5.02 Å². The molecular formula is C23H20ClFN4O3. The molecule has 2 atom stereocenters. The molecule has 0 saturated carbocycles. The summed E-state index contributed by atoms with van der Waals surface area (Å²) in [5, 5.41) is 7.78. The standard InChI is InChI=1S/C23H20ClFN4O3/c1-32-20-5-3-2-4-16(20)23(31)29(21(22(26)30)13-8-9-27-28-12-13)19-7-6-15-17(19)10-14(24)11-18(15)25/h2-5,8-12,19,21H,6-7H2,1H3,(H2,26,30)/t19-,21?/m1/s1. The number of primary amides is 1. The van der Waals surface area contributed by atoms with Crippen molar-refractivity contribution >= 4 is 23.4 Å². The van der Waals surface area contributed by atoms with E-state index < -0.39 is 29.7 Å². The zero-order valence-corrected chi connectivity index (χ0v) is 17.9. The lowest BCUT2D eigenvalue weighted by atomic mass is 9.98. The highest BCUT2D eigenvalue weighted by Crippen LogP contribution is 2.43. The van der Waals surface area contributed by atoms with Crippen LogP contribution < -0.4 is 10.5 Å². The quantitative estimate of drug-likeness (QED) is 0.613. The molecule has 0 bridgehead atoms. The number of carbonyl (C=O) groups is 2. The van der Waals surface area contributed by atoms with Crippen LogP contribution in [0.3, 0.4) is 0 Å². The number of fused-ring (bicyclic) bond motifs is 1. The Morgan fingerprint density at radius 1 is 1.25 bits per heavy atom. The van der Waals surface area contributed by atoms with Crippen molar-refractivity contribution in [2.75, 3.05) is 7.11 Å². The smallest absolute Gasteiger partial charge is 0.259 e. The number of methoxy groups -OCH3 is 1. The lowest BCUT2D eigenvalue weighted by Crippen LogP contribution is -2.43. The first-order chi connectivity index (χ1) is 15.4. The highest BCUT2D eigenvalue weighted by atomic mass is 35.5. The number of ether oxygens (including phenoxy) is 1. The maximum Gasteiger partial charge on any atom is 0.259 e. The molecule has 0 saturated heterocycles. The second-order valence-electron chi connectivity index (χ2n) is 7.40. The molecular weight excluding hydrogens is 435 g/mol. The van der Waals surface area contributed by atoms with Crippen molar-refractivity contribution in [3.63, 3.8) is 0 Å². The lowest BCUT2D eigenvalue weighted by Gasteiger charge is -2.36. The van der Waals surface area contributed by atoms with Crippen molar-refractivity contribution in [1.29, 1.82) is 0 Å². The fraction of sp³-hybridized carbons (Fsp3) is 0.217. The summed E-state index contributed by atoms with van der Waals surface area (Å²) in [4.78, 5) is 27.9. The highest BCUT2D eigenvalue weighted by Gasteiger charge is 2.41. The van der Waals surface area contributed by atoms with Crippen molar-refractivity contribution in [3.8, 4) is 5.75 Å². The topological polar surface area (TPSA) is 98.4 Å². The maximum atomic E-state index is 14.6. The van der Waals surface area contributed by atoms with Crippen LogP contribution in [0, 0.1) is 5.82 Å². The number of hydrogen-bond acceptors (Lipinski definition) is 5. The first kappa shape index (κ1) is 21.7. The van der Waals surface area contributed by atoms with E-state index in [-0.39, 0.29) is 10.6 Å². The number of halogens is 2. The molecule has 1 aromatic heterocycles. The third-order valence-corrected chi connectivity index (χ3v) is 5.82. The van der Waals surface area contributed by atoms with Gasteiger partial charge in [0, 0.05) is 16.8 Å². The average Bonchev–Trinajstić information content (AvgIpc) is 3.20. The molecule has 1 aliphatic rings. The van der Waals surface area contributed by atoms with Gasteiger partial charge < -0.3 is 15.4 Å². The van der Waals surface area contributed by atoms with E-state index in [9.17, 15) is 14.0 Å². The van der Waals surface area contributed by atoms with Gasteiger partial charge in [0.15, 0.2) is 0 Å². The number of hydrogen-bond donors (Lipinski definition) is 1. The van der Waals surface area contributed by atoms with Gasteiger partial charge in [-0.15, -0.1) is 0 Å². The number of aromatic nitrogens is 2. The van der Waals surface area contributed by atoms with Crippen molar-refractivity contribution in [2.24, 2.45) is 5.73 Å². The van der Waals surface area contributed by atoms with Crippen molar-refractivity contribution in [1.82, 2.24) is 15.1 Å². The number of nitrogens with zero attached hydrogens (tertiary/aromatic N) is 3. The van der Waals surface area contributed by atoms with Gasteiger partial charge >= 0.3 is 0 Å². The average molecular weight is 455 g/mol. The van der Waals surface area contributed by atoms with Crippen LogP contribution in [-0.2, 0) is 11.2 Å². The van der Waals surface area contributed by atoms with E-state index >= 15 is 0 Å². The Labute approximate surface area is 189 Å². The Kier molecular flexibility index (Phi) is 6.05. The molecule has 4 rings (SSSR count). The van der Waals surface area contributed by atoms with Crippen LogP contribution in [-0.4, -0.2) is 34.0 Å². The molecule has 9 heteroatoms. The summed E-state index contributed by atoms with van der Waals surface area (Å²) in [6, 6.07) is 9.32. The summed E-state index contributed by atoms with van der Waals surface area (Å²) in [6.07, 6.45) is 3.58. The van der Waals surface area contributed by atoms with Gasteiger partial charge in [-0.2, -0.15) is 10.2 Å². The minimum absolute atomic E-state index is 0.207. The summed E-state index contributed by atoms with van der Waals surface area (Å²) in [7, 11) is 1.45. The second-order valence-corrected chi connectivity index (χ2v) is 7.84. The molecule has 1 heterocycles. The molecule has 2 amide bonds. The first-order valence-electron chi connectivity index (χ1n) is 9.91. The third-order valence-electron chi connectivity index (χ3n) is 5.60. The van der Waals surface area contributed by atoms with Crippen LogP contribution in [0.15, 0.2) is 54.9 Å². The highest BCUT2D eigenvalue weighted by molar-refractivity contribution is 6.30. The maximum absolute atomic E-state index is 14.6. The first-order valence-corrected chi connectivity index (χ1v) is 10.3. The Bertz CT molecular complexity index is 1180. The van der Waals surface area contributed by atoms with Gasteiger partial charge in [0.25, 0.3) is 5.91 Å². The summed E-state index contributed by atoms with van der Waals surface area (Å²) < 4.78 is 20.0. The van der Waals surface area contributed by atoms with Crippen LogP contribution >= 0.6 is 11.6 Å². The largest absolute Gasteiger partial charge is 0.496 e. The molecule has 0 radical (unpaired) electrons. The fourth-order valence-electron chi connectivity index (χ4n) is 4.23. The summed E-state index contributed by atoms with van der Waals surface area (Å²) >= 11 is 6.13. The van der Waals surface area contributed by atoms with Gasteiger partial charge in [-0.25, -0.2) is 4.39 Å². The Balaban J connectivity index is 1.91. The van der Waals surface area contributed by atoms with Gasteiger partial charge in [0.05, 0.1) is 24.9 Å². The van der Waals surface area contributed by atoms with Crippen LogP contribution in [0.25, 0.3) is 0 Å². The molecule has 2 N–H and O–H groups in total. The molecule has 0 fully saturated rings. The van der Waals surface area contributed by atoms with Gasteiger partial charge in [-0.3, -0.25) is 9.59 Å². The van der Waals surface area contributed by atoms with Gasteiger partial charge in [-0.05, 0) is 54.3 Å². The number of benzene rings is 2. The Morgan fingerprint density at radius 2 is 2.03 bits per heavy atom. The van der Waals surface area contributed by atoms with Crippen LogP contribution in [0.4, 0.5) is 4.39 Å². The molecule has 7 nitrogen and oxygen atoms in total. The number of rotatable bonds is 6. The van der Waals surface area contributed by atoms with Crippen molar-refractivity contribution < 1.29 is 18.7 Å². The zero-order chi connectivity index (χ0) is 22.8. The van der Waals surface area contributed by atoms with Gasteiger partial charge in [0.2, 0.25) is 5.91 Å². The van der Waals surface area contributed by atoms with E-state index in [4.69, 9.17) is 22.1 Å². The molecule has 3 aromatic rings. The molecule has 0 spiro atoms. The number of amides is 2. The second kappa shape index (κ2) is 8.92. The number of carbonyl (C=O) groups excluding carboxylic acids is 2. The van der Waals surface area contributed by atoms with E-state index in [2.05, 4.69) is 10.2 Å². The molecule has 2 aromatic carbocycles. The SMILES string of the molecule is COc1ccccc1C(=O)N(C(C(N)=O)c1ccnnc1)[C@@H]1CCc2c(F)cc(Cl)cc21. The van der Waals surface area contributed by atoms with E-state index in [1.54, 1.807) is 36.4 Å². The normalized spacial score (nSPS) is 15.7. The summed E-state index contributed by atoms with van der Waals surface area (Å²) in [5.41, 5.74) is 7.45. The van der Waals surface area contributed by atoms with E-state index in [0.29, 0.717) is 35.3 Å². The number of para-hydroxylation sites is 1. The third kappa shape index (κ3) is 3.89. The van der Waals surface area contributed by atoms with E-state index in [0.717, 1.165) is 0 Å². The fourth-order valence-corrected chi connectivity index (χ4v) is 4.45. The predicted octanol–water partition coefficient (Wildman–Crippen LogP) is 3.63. The molecule has 1 aliphatic carbocycles. The lowest BCUT2D eigenvalue weighted by molar-refractivity contribution is -0.123. The number of nitrogens with two attached hydrogens (primary N) is 1. The van der Waals surface area contributed by atoms with Crippen molar-refractivity contribution in [3.05, 3.63) is 88.0 Å². The van der Waals surface area contributed by atoms with Crippen molar-refractivity contribution in [2.45, 2.75) is 24.9 Å². The van der Waals surface area contributed by atoms with E-state index in [1.165, 1.54) is 30.5 Å². The molecule has 32 heavy (non-hydrogen) atoms. The zero-order valence-electron chi connectivity index (χ0n) is 17.2. The van der Waals surface area contributed by atoms with Crippen LogP contribution in [0.1, 0.15) is 45.6 Å². The minimum Gasteiger partial charge on any atom is -0.496 e. The minimum atomic E-state index is -1.17. The van der Waals surface area contributed by atoms with Gasteiger partial charge in [0.1, 0.15) is 17.6 Å². The predicted molar refractivity (Wildman–Crippen MR) is 116 cm³/mol. The van der Waals surface area contributed by atoms with E-state index in [1.807, 2.05) is 0 Å². The Hall–Kier alpha value is -3.52. The molecule has 1 unspecified atom stereocenters. The molecule has 164 valence electrons. The Morgan fingerprint density at radius 3 is 2.72 bits per heavy atom. The van der Waals surface area contributed by atoms with Crippen LogP contribution in [0.5, 0.6) is 5.75 Å². The summed E-state index contributed by atoms with van der Waals surface area (Å²) in [6.45, 7) is 0. The molecule has 0 aliphatic heterocycles. The summed E-state index contributed by atoms with van der Waals surface area (Å²) in [5.74, 6) is -1.34. The van der Waals surface area contributed by atoms with Gasteiger partial charge in [-0.1, -0.05) is 23.7 Å².